The van der Waals surface area contributed by atoms with E-state index in [0.717, 1.165) is 17.1 Å². The third kappa shape index (κ3) is 5.38. The Labute approximate surface area is 330 Å². The number of para-hydroxylation sites is 1. The number of nitrogens with zero attached hydrogens (tertiary/aromatic N) is 1. The van der Waals surface area contributed by atoms with Crippen molar-refractivity contribution >= 4 is 80.9 Å². The van der Waals surface area contributed by atoms with E-state index in [1.54, 1.807) is 0 Å². The van der Waals surface area contributed by atoms with Gasteiger partial charge in [0.15, 0.2) is 0 Å². The molecule has 1 heterocycles. The van der Waals surface area contributed by atoms with Crippen molar-refractivity contribution in [3.8, 4) is 33.4 Å². The first-order valence-electron chi connectivity index (χ1n) is 19.2. The first kappa shape index (κ1) is 32.4. The van der Waals surface area contributed by atoms with Gasteiger partial charge in [0.25, 0.3) is 0 Å². The normalized spacial score (nSPS) is 11.6. The summed E-state index contributed by atoms with van der Waals surface area (Å²) in [6, 6.07) is 77.7. The van der Waals surface area contributed by atoms with E-state index >= 15 is 0 Å². The molecule has 2 heteroatoms. The summed E-state index contributed by atoms with van der Waals surface area (Å²) >= 11 is 1.90. The van der Waals surface area contributed by atoms with Crippen LogP contribution in [0.25, 0.3) is 85.9 Å². The molecule has 0 saturated carbocycles. The molecule has 1 nitrogen and oxygen atoms in total. The van der Waals surface area contributed by atoms with E-state index in [4.69, 9.17) is 0 Å². The van der Waals surface area contributed by atoms with Gasteiger partial charge in [-0.25, -0.2) is 0 Å². The smallest absolute Gasteiger partial charge is 0.0540 e. The van der Waals surface area contributed by atoms with Crippen molar-refractivity contribution in [2.24, 2.45) is 0 Å². The summed E-state index contributed by atoms with van der Waals surface area (Å²) in [5.41, 5.74) is 10.7. The summed E-state index contributed by atoms with van der Waals surface area (Å²) in [7, 11) is 0. The number of hydrogen-bond acceptors (Lipinski definition) is 2. The van der Waals surface area contributed by atoms with E-state index in [-0.39, 0.29) is 0 Å². The molecule has 0 aliphatic carbocycles. The van der Waals surface area contributed by atoms with Crippen LogP contribution in [-0.2, 0) is 0 Å². The number of hydrogen-bond donors (Lipinski definition) is 0. The van der Waals surface area contributed by atoms with Crippen LogP contribution in [0.15, 0.2) is 212 Å². The molecule has 0 radical (unpaired) electrons. The average molecular weight is 730 g/mol. The summed E-state index contributed by atoms with van der Waals surface area (Å²) in [6.45, 7) is 0. The quantitative estimate of drug-likeness (QED) is 0.165. The van der Waals surface area contributed by atoms with Crippen LogP contribution in [0.1, 0.15) is 0 Å². The highest BCUT2D eigenvalue weighted by molar-refractivity contribution is 7.26. The van der Waals surface area contributed by atoms with Crippen molar-refractivity contribution < 1.29 is 0 Å². The molecule has 11 aromatic rings. The summed E-state index contributed by atoms with van der Waals surface area (Å²) in [4.78, 5) is 2.46. The highest BCUT2D eigenvalue weighted by Crippen LogP contribution is 2.49. The van der Waals surface area contributed by atoms with E-state index in [2.05, 4.69) is 217 Å². The molecule has 0 unspecified atom stereocenters. The molecule has 0 bridgehead atoms. The van der Waals surface area contributed by atoms with Gasteiger partial charge in [-0.05, 0) is 91.6 Å². The van der Waals surface area contributed by atoms with Gasteiger partial charge in [0.2, 0.25) is 0 Å². The maximum Gasteiger partial charge on any atom is 0.0540 e. The molecular weight excluding hydrogens is 695 g/mol. The Morgan fingerprint density at radius 1 is 0.321 bits per heavy atom. The lowest BCUT2D eigenvalue weighted by Crippen LogP contribution is -2.12. The zero-order valence-corrected chi connectivity index (χ0v) is 31.4. The first-order chi connectivity index (χ1) is 27.8. The maximum absolute atomic E-state index is 2.46. The Bertz CT molecular complexity index is 3250. The summed E-state index contributed by atoms with van der Waals surface area (Å²) in [6.07, 6.45) is 0. The summed E-state index contributed by atoms with van der Waals surface area (Å²) in [5.74, 6) is 0. The van der Waals surface area contributed by atoms with Crippen LogP contribution in [-0.4, -0.2) is 0 Å². The minimum atomic E-state index is 1.10. The van der Waals surface area contributed by atoms with Gasteiger partial charge in [0.1, 0.15) is 0 Å². The van der Waals surface area contributed by atoms with Crippen molar-refractivity contribution in [1.29, 1.82) is 0 Å². The SMILES string of the molecule is c1ccc(-c2ccccc2N(c2ccc(-c3ccc4ccccc4c3)cc2)c2ccc(-c3c4ccccc4cc4c3sc3ccccc34)c3ccccc23)cc1. The molecule has 1 aromatic heterocycles. The average Bonchev–Trinajstić information content (AvgIpc) is 3.64. The number of benzene rings is 10. The monoisotopic (exact) mass is 729 g/mol. The zero-order valence-electron chi connectivity index (χ0n) is 30.6. The van der Waals surface area contributed by atoms with Crippen LogP contribution in [0.4, 0.5) is 17.1 Å². The molecule has 0 saturated heterocycles. The fourth-order valence-corrected chi connectivity index (χ4v) is 9.85. The Kier molecular flexibility index (Phi) is 7.75. The molecule has 262 valence electrons. The van der Waals surface area contributed by atoms with Gasteiger partial charge in [-0.1, -0.05) is 170 Å². The second kappa shape index (κ2) is 13.4. The van der Waals surface area contributed by atoms with Crippen LogP contribution in [0.2, 0.25) is 0 Å². The lowest BCUT2D eigenvalue weighted by molar-refractivity contribution is 1.30. The Hall–Kier alpha value is -7.00. The molecule has 10 aromatic carbocycles. The van der Waals surface area contributed by atoms with E-state index in [0.29, 0.717) is 0 Å². The molecule has 0 aliphatic heterocycles. The number of fused-ring (bicyclic) bond motifs is 6. The van der Waals surface area contributed by atoms with Gasteiger partial charge in [-0.15, -0.1) is 11.3 Å². The number of anilines is 3. The Balaban J connectivity index is 1.14. The minimum absolute atomic E-state index is 1.10. The third-order valence-corrected chi connectivity index (χ3v) is 12.4. The summed E-state index contributed by atoms with van der Waals surface area (Å²) in [5, 5.41) is 10.1. The second-order valence-electron chi connectivity index (χ2n) is 14.5. The van der Waals surface area contributed by atoms with Crippen LogP contribution in [0.5, 0.6) is 0 Å². The highest BCUT2D eigenvalue weighted by atomic mass is 32.1. The van der Waals surface area contributed by atoms with E-state index in [1.807, 2.05) is 11.3 Å². The van der Waals surface area contributed by atoms with E-state index < -0.39 is 0 Å². The van der Waals surface area contributed by atoms with Crippen molar-refractivity contribution in [2.75, 3.05) is 4.90 Å². The number of rotatable bonds is 6. The summed E-state index contributed by atoms with van der Waals surface area (Å²) < 4.78 is 2.65. The second-order valence-corrected chi connectivity index (χ2v) is 15.5. The van der Waals surface area contributed by atoms with Gasteiger partial charge in [0.05, 0.1) is 11.4 Å². The zero-order chi connectivity index (χ0) is 37.0. The van der Waals surface area contributed by atoms with Crippen LogP contribution in [0, 0.1) is 0 Å². The molecule has 0 amide bonds. The van der Waals surface area contributed by atoms with Crippen molar-refractivity contribution in [3.63, 3.8) is 0 Å². The fraction of sp³-hybridized carbons (Fsp3) is 0. The first-order valence-corrected chi connectivity index (χ1v) is 20.0. The van der Waals surface area contributed by atoms with Crippen molar-refractivity contribution in [1.82, 2.24) is 0 Å². The predicted molar refractivity (Wildman–Crippen MR) is 243 cm³/mol. The molecule has 56 heavy (non-hydrogen) atoms. The molecular formula is C54H35NS. The molecule has 0 aliphatic rings. The van der Waals surface area contributed by atoms with E-state index in [1.165, 1.54) is 85.9 Å². The Morgan fingerprint density at radius 3 is 1.80 bits per heavy atom. The largest absolute Gasteiger partial charge is 0.309 e. The Morgan fingerprint density at radius 2 is 0.964 bits per heavy atom. The van der Waals surface area contributed by atoms with Crippen LogP contribution in [0.3, 0.4) is 0 Å². The van der Waals surface area contributed by atoms with Gasteiger partial charge in [-0.3, -0.25) is 0 Å². The number of thiophene rings is 1. The highest BCUT2D eigenvalue weighted by Gasteiger charge is 2.22. The molecule has 0 N–H and O–H groups in total. The standard InChI is InChI=1S/C54H35NS/c1-2-15-38(16-3-1)43-19-10-12-24-50(43)55(42-30-28-37(29-31-42)40-27-26-36-14-4-5-17-39(36)34-40)51-33-32-48(45-21-8-9-22-46(45)51)53-44-20-7-6-18-41(44)35-49-47-23-11-13-25-52(47)56-54(49)53/h1-35H. The molecule has 0 spiro atoms. The lowest BCUT2D eigenvalue weighted by atomic mass is 9.91. The molecule has 11 rings (SSSR count). The molecule has 0 atom stereocenters. The predicted octanol–water partition coefficient (Wildman–Crippen LogP) is 16.0. The third-order valence-electron chi connectivity index (χ3n) is 11.2. The van der Waals surface area contributed by atoms with Crippen LogP contribution < -0.4 is 4.90 Å². The van der Waals surface area contributed by atoms with Gasteiger partial charge < -0.3 is 4.90 Å². The maximum atomic E-state index is 2.46. The topological polar surface area (TPSA) is 3.24 Å². The van der Waals surface area contributed by atoms with Gasteiger partial charge in [0, 0.05) is 42.4 Å². The van der Waals surface area contributed by atoms with Gasteiger partial charge in [-0.2, -0.15) is 0 Å². The van der Waals surface area contributed by atoms with Crippen molar-refractivity contribution in [3.05, 3.63) is 212 Å². The lowest BCUT2D eigenvalue weighted by Gasteiger charge is -2.30. The van der Waals surface area contributed by atoms with Crippen molar-refractivity contribution in [2.45, 2.75) is 0 Å². The van der Waals surface area contributed by atoms with Gasteiger partial charge >= 0.3 is 0 Å². The van der Waals surface area contributed by atoms with E-state index in [9.17, 15) is 0 Å². The fourth-order valence-electron chi connectivity index (χ4n) is 8.60. The minimum Gasteiger partial charge on any atom is -0.309 e. The van der Waals surface area contributed by atoms with Crippen LogP contribution >= 0.6 is 11.3 Å². The molecule has 0 fully saturated rings.